The number of carbonyl (C=O) groups is 2. The largest absolute Gasteiger partial charge is 0.478 e. The number of hydrogen-bond donors (Lipinski definition) is 2. The third kappa shape index (κ3) is 3.47. The molecule has 0 atom stereocenters. The van der Waals surface area contributed by atoms with Crippen LogP contribution >= 0.6 is 0 Å². The van der Waals surface area contributed by atoms with Crippen molar-refractivity contribution in [3.63, 3.8) is 0 Å². The van der Waals surface area contributed by atoms with Crippen molar-refractivity contribution in [2.75, 3.05) is 12.1 Å². The van der Waals surface area contributed by atoms with Crippen molar-refractivity contribution in [2.45, 2.75) is 0 Å². The Morgan fingerprint density at radius 3 is 2.21 bits per heavy atom. The predicted octanol–water partition coefficient (Wildman–Crippen LogP) is 4.31. The molecule has 3 aromatic carbocycles. The molecule has 0 unspecified atom stereocenters. The van der Waals surface area contributed by atoms with Gasteiger partial charge in [-0.3, -0.25) is 4.79 Å². The van der Waals surface area contributed by atoms with Crippen LogP contribution in [0.1, 0.15) is 20.7 Å². The van der Waals surface area contributed by atoms with E-state index in [1.165, 1.54) is 24.3 Å². The van der Waals surface area contributed by atoms with Gasteiger partial charge in [0.15, 0.2) is 11.5 Å². The number of halogens is 2. The average Bonchev–Trinajstić information content (AvgIpc) is 3.18. The van der Waals surface area contributed by atoms with E-state index in [2.05, 4.69) is 5.32 Å². The van der Waals surface area contributed by atoms with Gasteiger partial charge in [-0.05, 0) is 47.5 Å². The van der Waals surface area contributed by atoms with Crippen LogP contribution in [0.5, 0.6) is 11.5 Å². The highest BCUT2D eigenvalue weighted by molar-refractivity contribution is 6.10. The first kappa shape index (κ1) is 18.4. The Hall–Kier alpha value is -3.94. The Labute approximate surface area is 163 Å². The number of benzene rings is 3. The molecule has 1 aliphatic rings. The molecule has 0 saturated carbocycles. The first-order chi connectivity index (χ1) is 13.9. The van der Waals surface area contributed by atoms with Gasteiger partial charge in [0, 0.05) is 0 Å². The third-order valence-electron chi connectivity index (χ3n) is 4.39. The molecule has 29 heavy (non-hydrogen) atoms. The number of carboxylic acids is 1. The predicted molar refractivity (Wildman–Crippen MR) is 99.3 cm³/mol. The number of fused-ring (bicyclic) bond motifs is 1. The summed E-state index contributed by atoms with van der Waals surface area (Å²) in [5.74, 6) is -3.26. The molecule has 8 heteroatoms. The first-order valence-corrected chi connectivity index (χ1v) is 8.47. The van der Waals surface area contributed by atoms with E-state index in [1.54, 1.807) is 18.2 Å². The standard InChI is InChI=1S/C21H13F2NO5/c22-15-7-12(11-5-6-17-18(9-11)29-10-28-17)8-16(23)19(15)24-20(25)13-3-1-2-4-14(13)21(26)27/h1-9H,10H2,(H,24,25)(H,26,27). The van der Waals surface area contributed by atoms with Crippen LogP contribution < -0.4 is 14.8 Å². The van der Waals surface area contributed by atoms with E-state index >= 15 is 0 Å². The smallest absolute Gasteiger partial charge is 0.336 e. The highest BCUT2D eigenvalue weighted by Crippen LogP contribution is 2.37. The van der Waals surface area contributed by atoms with E-state index in [4.69, 9.17) is 9.47 Å². The van der Waals surface area contributed by atoms with Gasteiger partial charge in [-0.2, -0.15) is 0 Å². The fourth-order valence-electron chi connectivity index (χ4n) is 2.98. The van der Waals surface area contributed by atoms with E-state index in [-0.39, 0.29) is 23.5 Å². The van der Waals surface area contributed by atoms with Crippen LogP contribution in [0, 0.1) is 11.6 Å². The number of rotatable bonds is 4. The lowest BCUT2D eigenvalue weighted by atomic mass is 10.0. The first-order valence-electron chi connectivity index (χ1n) is 8.47. The summed E-state index contributed by atoms with van der Waals surface area (Å²) in [4.78, 5) is 23.6. The van der Waals surface area contributed by atoms with Crippen molar-refractivity contribution in [1.82, 2.24) is 0 Å². The molecular formula is C21H13F2NO5. The molecule has 0 bridgehead atoms. The Kier molecular flexibility index (Phi) is 4.59. The second kappa shape index (κ2) is 7.23. The molecule has 1 heterocycles. The van der Waals surface area contributed by atoms with Crippen molar-refractivity contribution in [3.05, 3.63) is 77.4 Å². The molecule has 1 amide bonds. The van der Waals surface area contributed by atoms with Gasteiger partial charge in [0.25, 0.3) is 5.91 Å². The summed E-state index contributed by atoms with van der Waals surface area (Å²) in [6.07, 6.45) is 0. The molecule has 0 radical (unpaired) electrons. The topological polar surface area (TPSA) is 84.9 Å². The molecule has 3 aromatic rings. The summed E-state index contributed by atoms with van der Waals surface area (Å²) in [6, 6.07) is 12.4. The number of amides is 1. The number of anilines is 1. The number of aromatic carboxylic acids is 1. The van der Waals surface area contributed by atoms with Crippen LogP contribution in [-0.4, -0.2) is 23.8 Å². The maximum atomic E-state index is 14.6. The summed E-state index contributed by atoms with van der Waals surface area (Å²) in [7, 11) is 0. The number of hydrogen-bond acceptors (Lipinski definition) is 4. The van der Waals surface area contributed by atoms with Crippen LogP contribution in [0.4, 0.5) is 14.5 Å². The van der Waals surface area contributed by atoms with Crippen LogP contribution in [0.25, 0.3) is 11.1 Å². The van der Waals surface area contributed by atoms with E-state index in [0.717, 1.165) is 12.1 Å². The monoisotopic (exact) mass is 397 g/mol. The molecule has 0 saturated heterocycles. The number of carboxylic acid groups (broad SMARTS) is 1. The molecular weight excluding hydrogens is 384 g/mol. The zero-order valence-corrected chi connectivity index (χ0v) is 14.7. The Bertz CT molecular complexity index is 1120. The normalized spacial score (nSPS) is 11.9. The number of nitrogens with one attached hydrogen (secondary N) is 1. The van der Waals surface area contributed by atoms with E-state index in [1.807, 2.05) is 0 Å². The minimum Gasteiger partial charge on any atom is -0.478 e. The van der Waals surface area contributed by atoms with Crippen molar-refractivity contribution >= 4 is 17.6 Å². The summed E-state index contributed by atoms with van der Waals surface area (Å²) < 4.78 is 39.6. The average molecular weight is 397 g/mol. The van der Waals surface area contributed by atoms with Crippen LogP contribution in [0.2, 0.25) is 0 Å². The zero-order chi connectivity index (χ0) is 20.5. The summed E-state index contributed by atoms with van der Waals surface area (Å²) in [5.41, 5.74) is -0.412. The summed E-state index contributed by atoms with van der Waals surface area (Å²) in [6.45, 7) is 0.0737. The molecule has 6 nitrogen and oxygen atoms in total. The molecule has 146 valence electrons. The fraction of sp³-hybridized carbons (Fsp3) is 0.0476. The van der Waals surface area contributed by atoms with Gasteiger partial charge in [0.05, 0.1) is 11.1 Å². The van der Waals surface area contributed by atoms with Crippen molar-refractivity contribution in [3.8, 4) is 22.6 Å². The van der Waals surface area contributed by atoms with Gasteiger partial charge in [0.2, 0.25) is 6.79 Å². The van der Waals surface area contributed by atoms with Gasteiger partial charge in [-0.1, -0.05) is 18.2 Å². The van der Waals surface area contributed by atoms with Crippen LogP contribution in [0.3, 0.4) is 0 Å². The van der Waals surface area contributed by atoms with E-state index in [9.17, 15) is 23.5 Å². The second-order valence-corrected chi connectivity index (χ2v) is 6.19. The van der Waals surface area contributed by atoms with Gasteiger partial charge in [-0.15, -0.1) is 0 Å². The highest BCUT2D eigenvalue weighted by atomic mass is 19.1. The van der Waals surface area contributed by atoms with E-state index < -0.39 is 29.2 Å². The zero-order valence-electron chi connectivity index (χ0n) is 14.7. The molecule has 0 spiro atoms. The summed E-state index contributed by atoms with van der Waals surface area (Å²) >= 11 is 0. The van der Waals surface area contributed by atoms with Gasteiger partial charge in [-0.25, -0.2) is 13.6 Å². The lowest BCUT2D eigenvalue weighted by molar-refractivity contribution is 0.0692. The molecule has 4 rings (SSSR count). The third-order valence-corrected chi connectivity index (χ3v) is 4.39. The summed E-state index contributed by atoms with van der Waals surface area (Å²) in [5, 5.41) is 11.3. The Balaban J connectivity index is 1.65. The molecule has 0 aromatic heterocycles. The minimum absolute atomic E-state index is 0.0737. The lowest BCUT2D eigenvalue weighted by Gasteiger charge is -2.11. The van der Waals surface area contributed by atoms with Crippen molar-refractivity contribution in [1.29, 1.82) is 0 Å². The maximum Gasteiger partial charge on any atom is 0.336 e. The maximum absolute atomic E-state index is 14.6. The molecule has 0 aliphatic carbocycles. The quantitative estimate of drug-likeness (QED) is 0.685. The van der Waals surface area contributed by atoms with E-state index in [0.29, 0.717) is 17.1 Å². The van der Waals surface area contributed by atoms with Crippen LogP contribution in [0.15, 0.2) is 54.6 Å². The highest BCUT2D eigenvalue weighted by Gasteiger charge is 2.21. The second-order valence-electron chi connectivity index (χ2n) is 6.19. The Morgan fingerprint density at radius 2 is 1.52 bits per heavy atom. The number of carbonyl (C=O) groups excluding carboxylic acids is 1. The van der Waals surface area contributed by atoms with Crippen LogP contribution in [-0.2, 0) is 0 Å². The van der Waals surface area contributed by atoms with Crippen molar-refractivity contribution < 1.29 is 33.0 Å². The lowest BCUT2D eigenvalue weighted by Crippen LogP contribution is -2.18. The minimum atomic E-state index is -1.32. The van der Waals surface area contributed by atoms with Gasteiger partial charge < -0.3 is 19.9 Å². The SMILES string of the molecule is O=C(O)c1ccccc1C(=O)Nc1c(F)cc(-c2ccc3c(c2)OCO3)cc1F. The van der Waals surface area contributed by atoms with Crippen molar-refractivity contribution in [2.24, 2.45) is 0 Å². The Morgan fingerprint density at radius 1 is 0.862 bits per heavy atom. The van der Waals surface area contributed by atoms with Gasteiger partial charge in [0.1, 0.15) is 17.3 Å². The molecule has 2 N–H and O–H groups in total. The fourth-order valence-corrected chi connectivity index (χ4v) is 2.98. The molecule has 0 fully saturated rings. The number of ether oxygens (including phenoxy) is 2. The van der Waals surface area contributed by atoms with Gasteiger partial charge >= 0.3 is 5.97 Å². The molecule has 1 aliphatic heterocycles.